The molecule has 0 saturated carbocycles. The van der Waals surface area contributed by atoms with Crippen molar-refractivity contribution in [3.63, 3.8) is 0 Å². The van der Waals surface area contributed by atoms with Gasteiger partial charge in [0.25, 0.3) is 0 Å². The molecule has 1 heterocycles. The van der Waals surface area contributed by atoms with Gasteiger partial charge in [-0.1, -0.05) is 0 Å². The molecule has 2 aromatic rings. The standard InChI is InChI=1S/C10H6F2N2O/c11-7-1-2-8(9(12)3-7)10-6(5-15)4-13-14-10/h1-5H,(H,13,14). The van der Waals surface area contributed by atoms with E-state index in [-0.39, 0.29) is 16.8 Å². The van der Waals surface area contributed by atoms with Crippen LogP contribution in [-0.4, -0.2) is 16.5 Å². The number of aromatic nitrogens is 2. The van der Waals surface area contributed by atoms with Crippen LogP contribution < -0.4 is 0 Å². The second kappa shape index (κ2) is 3.61. The summed E-state index contributed by atoms with van der Waals surface area (Å²) in [5, 5.41) is 6.11. The first-order valence-electron chi connectivity index (χ1n) is 4.16. The summed E-state index contributed by atoms with van der Waals surface area (Å²) in [7, 11) is 0. The number of H-pyrrole nitrogens is 1. The van der Waals surface area contributed by atoms with Gasteiger partial charge in [-0.05, 0) is 12.1 Å². The molecule has 15 heavy (non-hydrogen) atoms. The molecule has 0 aliphatic carbocycles. The van der Waals surface area contributed by atoms with Gasteiger partial charge < -0.3 is 0 Å². The highest BCUT2D eigenvalue weighted by Gasteiger charge is 2.11. The Morgan fingerprint density at radius 2 is 2.13 bits per heavy atom. The summed E-state index contributed by atoms with van der Waals surface area (Å²) in [5.74, 6) is -1.40. The van der Waals surface area contributed by atoms with Crippen LogP contribution in [-0.2, 0) is 0 Å². The third-order valence-corrected chi connectivity index (χ3v) is 2.00. The zero-order valence-electron chi connectivity index (χ0n) is 7.50. The molecule has 76 valence electrons. The zero-order valence-corrected chi connectivity index (χ0v) is 7.50. The highest BCUT2D eigenvalue weighted by atomic mass is 19.1. The SMILES string of the molecule is O=Cc1cn[nH]c1-c1ccc(F)cc1F. The van der Waals surface area contributed by atoms with Crippen LogP contribution in [0.25, 0.3) is 11.3 Å². The second-order valence-electron chi connectivity index (χ2n) is 2.94. The summed E-state index contributed by atoms with van der Waals surface area (Å²) < 4.78 is 26.0. The van der Waals surface area contributed by atoms with Gasteiger partial charge in [0, 0.05) is 11.6 Å². The van der Waals surface area contributed by atoms with Crippen LogP contribution in [0.1, 0.15) is 10.4 Å². The minimum atomic E-state index is -0.734. The fraction of sp³-hybridized carbons (Fsp3) is 0. The number of halogens is 2. The first-order valence-corrected chi connectivity index (χ1v) is 4.16. The van der Waals surface area contributed by atoms with Crippen LogP contribution in [0.3, 0.4) is 0 Å². The Kier molecular flexibility index (Phi) is 2.29. The number of carbonyl (C=O) groups is 1. The number of nitrogens with one attached hydrogen (secondary N) is 1. The lowest BCUT2D eigenvalue weighted by Crippen LogP contribution is -1.89. The van der Waals surface area contributed by atoms with Crippen LogP contribution in [0.5, 0.6) is 0 Å². The van der Waals surface area contributed by atoms with Crippen molar-refractivity contribution < 1.29 is 13.6 Å². The monoisotopic (exact) mass is 208 g/mol. The molecule has 0 bridgehead atoms. The average Bonchev–Trinajstić information content (AvgIpc) is 2.65. The van der Waals surface area contributed by atoms with Crippen molar-refractivity contribution in [3.05, 3.63) is 41.6 Å². The normalized spacial score (nSPS) is 10.3. The molecule has 0 radical (unpaired) electrons. The smallest absolute Gasteiger partial charge is 0.153 e. The zero-order chi connectivity index (χ0) is 10.8. The number of hydrogen-bond acceptors (Lipinski definition) is 2. The summed E-state index contributed by atoms with van der Waals surface area (Å²) in [5.41, 5.74) is 0.610. The van der Waals surface area contributed by atoms with Gasteiger partial charge in [0.05, 0.1) is 17.5 Å². The fourth-order valence-corrected chi connectivity index (χ4v) is 1.29. The minimum Gasteiger partial charge on any atom is -0.298 e. The van der Waals surface area contributed by atoms with Gasteiger partial charge >= 0.3 is 0 Å². The van der Waals surface area contributed by atoms with E-state index in [0.29, 0.717) is 6.29 Å². The molecular weight excluding hydrogens is 202 g/mol. The van der Waals surface area contributed by atoms with Gasteiger partial charge in [-0.2, -0.15) is 5.10 Å². The molecule has 0 aliphatic rings. The van der Waals surface area contributed by atoms with Crippen molar-refractivity contribution in [1.82, 2.24) is 10.2 Å². The molecule has 0 fully saturated rings. The maximum Gasteiger partial charge on any atom is 0.153 e. The van der Waals surface area contributed by atoms with E-state index < -0.39 is 11.6 Å². The molecule has 0 spiro atoms. The number of benzene rings is 1. The summed E-state index contributed by atoms with van der Waals surface area (Å²) >= 11 is 0. The van der Waals surface area contributed by atoms with Crippen LogP contribution in [0.2, 0.25) is 0 Å². The van der Waals surface area contributed by atoms with Crippen molar-refractivity contribution >= 4 is 6.29 Å². The molecular formula is C10H6F2N2O. The van der Waals surface area contributed by atoms with E-state index in [2.05, 4.69) is 10.2 Å². The lowest BCUT2D eigenvalue weighted by Gasteiger charge is -2.00. The van der Waals surface area contributed by atoms with Crippen LogP contribution in [0.4, 0.5) is 8.78 Å². The second-order valence-corrected chi connectivity index (χ2v) is 2.94. The van der Waals surface area contributed by atoms with E-state index in [9.17, 15) is 13.6 Å². The Morgan fingerprint density at radius 1 is 1.33 bits per heavy atom. The molecule has 0 saturated heterocycles. The van der Waals surface area contributed by atoms with E-state index in [1.165, 1.54) is 12.3 Å². The minimum absolute atomic E-state index is 0.121. The summed E-state index contributed by atoms with van der Waals surface area (Å²) in [6.45, 7) is 0. The number of rotatable bonds is 2. The fourth-order valence-electron chi connectivity index (χ4n) is 1.29. The van der Waals surface area contributed by atoms with Crippen LogP contribution in [0.15, 0.2) is 24.4 Å². The Bertz CT molecular complexity index is 508. The number of hydrogen-bond donors (Lipinski definition) is 1. The van der Waals surface area contributed by atoms with Gasteiger partial charge in [-0.15, -0.1) is 0 Å². The molecule has 1 N–H and O–H groups in total. The van der Waals surface area contributed by atoms with E-state index in [1.54, 1.807) is 0 Å². The molecule has 2 rings (SSSR count). The Morgan fingerprint density at radius 3 is 2.80 bits per heavy atom. The highest BCUT2D eigenvalue weighted by Crippen LogP contribution is 2.23. The van der Waals surface area contributed by atoms with Gasteiger partial charge in [0.2, 0.25) is 0 Å². The number of nitrogens with zero attached hydrogens (tertiary/aromatic N) is 1. The number of aromatic amines is 1. The van der Waals surface area contributed by atoms with E-state index in [0.717, 1.165) is 12.1 Å². The third-order valence-electron chi connectivity index (χ3n) is 2.00. The number of aldehydes is 1. The van der Waals surface area contributed by atoms with E-state index in [1.807, 2.05) is 0 Å². The van der Waals surface area contributed by atoms with Crippen molar-refractivity contribution in [2.45, 2.75) is 0 Å². The highest BCUT2D eigenvalue weighted by molar-refractivity contribution is 5.85. The summed E-state index contributed by atoms with van der Waals surface area (Å²) in [6, 6.07) is 3.13. The molecule has 0 unspecified atom stereocenters. The molecule has 1 aromatic heterocycles. The summed E-state index contributed by atoms with van der Waals surface area (Å²) in [4.78, 5) is 10.6. The van der Waals surface area contributed by atoms with Gasteiger partial charge in [0.15, 0.2) is 6.29 Å². The first kappa shape index (κ1) is 9.51. The molecule has 5 heteroatoms. The largest absolute Gasteiger partial charge is 0.298 e. The third kappa shape index (κ3) is 1.63. The predicted octanol–water partition coefficient (Wildman–Crippen LogP) is 2.17. The van der Waals surface area contributed by atoms with Gasteiger partial charge in [0.1, 0.15) is 11.6 Å². The first-order chi connectivity index (χ1) is 7.22. The van der Waals surface area contributed by atoms with Crippen molar-refractivity contribution in [2.75, 3.05) is 0 Å². The Hall–Kier alpha value is -2.04. The Balaban J connectivity index is 2.59. The maximum atomic E-state index is 13.3. The van der Waals surface area contributed by atoms with Gasteiger partial charge in [-0.25, -0.2) is 8.78 Å². The van der Waals surface area contributed by atoms with Gasteiger partial charge in [-0.3, -0.25) is 9.89 Å². The van der Waals surface area contributed by atoms with Crippen molar-refractivity contribution in [2.24, 2.45) is 0 Å². The molecule has 3 nitrogen and oxygen atoms in total. The molecule has 1 aromatic carbocycles. The maximum absolute atomic E-state index is 13.3. The predicted molar refractivity (Wildman–Crippen MR) is 49.3 cm³/mol. The van der Waals surface area contributed by atoms with Crippen molar-refractivity contribution in [3.8, 4) is 11.3 Å². The van der Waals surface area contributed by atoms with Crippen LogP contribution >= 0.6 is 0 Å². The molecule has 0 amide bonds. The molecule has 0 aliphatic heterocycles. The topological polar surface area (TPSA) is 45.8 Å². The average molecular weight is 208 g/mol. The quantitative estimate of drug-likeness (QED) is 0.768. The van der Waals surface area contributed by atoms with Crippen LogP contribution in [0, 0.1) is 11.6 Å². The van der Waals surface area contributed by atoms with E-state index in [4.69, 9.17) is 0 Å². The lowest BCUT2D eigenvalue weighted by atomic mass is 10.1. The summed E-state index contributed by atoms with van der Waals surface area (Å²) in [6.07, 6.45) is 1.84. The Labute approximate surface area is 83.7 Å². The van der Waals surface area contributed by atoms with E-state index >= 15 is 0 Å². The molecule has 0 atom stereocenters. The van der Waals surface area contributed by atoms with Crippen molar-refractivity contribution in [1.29, 1.82) is 0 Å². The number of carbonyl (C=O) groups excluding carboxylic acids is 1. The lowest BCUT2D eigenvalue weighted by molar-refractivity contribution is 0.112.